The molecule has 1 unspecified atom stereocenters. The molecule has 0 aliphatic heterocycles. The van der Waals surface area contributed by atoms with Crippen molar-refractivity contribution in [2.45, 2.75) is 45.6 Å². The third-order valence-corrected chi connectivity index (χ3v) is 7.72. The third-order valence-electron chi connectivity index (χ3n) is 7.72. The first-order valence-electron chi connectivity index (χ1n) is 12.6. The lowest BCUT2D eigenvalue weighted by Crippen LogP contribution is -2.24. The van der Waals surface area contributed by atoms with Crippen LogP contribution in [0.3, 0.4) is 0 Å². The fourth-order valence-corrected chi connectivity index (χ4v) is 5.77. The first kappa shape index (κ1) is 23.9. The van der Waals surface area contributed by atoms with Gasteiger partial charge in [0.1, 0.15) is 0 Å². The molecule has 192 valence electrons. The summed E-state index contributed by atoms with van der Waals surface area (Å²) in [6, 6.07) is 9.57. The summed E-state index contributed by atoms with van der Waals surface area (Å²) in [7, 11) is 0. The number of carbonyl (C=O) groups excluding carboxylic acids is 1. The minimum atomic E-state index is -0.952. The smallest absolute Gasteiger partial charge is 0.298 e. The second kappa shape index (κ2) is 8.29. The molecular formula is C30H29N5O3. The molecule has 4 N–H and O–H groups in total. The second-order valence-electron chi connectivity index (χ2n) is 10.6. The van der Waals surface area contributed by atoms with Crippen molar-refractivity contribution in [3.63, 3.8) is 0 Å². The van der Waals surface area contributed by atoms with Crippen molar-refractivity contribution in [1.82, 2.24) is 18.9 Å². The van der Waals surface area contributed by atoms with Crippen LogP contribution in [0.5, 0.6) is 0 Å². The predicted octanol–water partition coefficient (Wildman–Crippen LogP) is 4.70. The molecule has 8 heteroatoms. The second-order valence-corrected chi connectivity index (χ2v) is 10.6. The number of aromatic nitrogens is 4. The first-order chi connectivity index (χ1) is 18.1. The number of aromatic amines is 1. The lowest BCUT2D eigenvalue weighted by atomic mass is 9.79. The highest BCUT2D eigenvalue weighted by molar-refractivity contribution is 6.12. The van der Waals surface area contributed by atoms with Crippen molar-refractivity contribution in [1.29, 1.82) is 0 Å². The number of amides is 1. The topological polar surface area (TPSA) is 118 Å². The van der Waals surface area contributed by atoms with E-state index in [1.807, 2.05) is 43.5 Å². The van der Waals surface area contributed by atoms with Gasteiger partial charge in [-0.1, -0.05) is 25.1 Å². The van der Waals surface area contributed by atoms with Crippen molar-refractivity contribution in [3.05, 3.63) is 93.4 Å². The maximum Gasteiger partial charge on any atom is 0.298 e. The summed E-state index contributed by atoms with van der Waals surface area (Å²) in [4.78, 5) is 33.3. The number of fused-ring (bicyclic) bond motifs is 4. The van der Waals surface area contributed by atoms with Crippen LogP contribution >= 0.6 is 0 Å². The molecule has 1 atom stereocenters. The zero-order chi connectivity index (χ0) is 26.9. The number of imidazole rings is 1. The summed E-state index contributed by atoms with van der Waals surface area (Å²) in [5.41, 5.74) is 12.5. The number of carbonyl (C=O) groups is 1. The molecule has 0 fully saturated rings. The van der Waals surface area contributed by atoms with Crippen molar-refractivity contribution in [2.75, 3.05) is 0 Å². The van der Waals surface area contributed by atoms with E-state index in [4.69, 9.17) is 5.73 Å². The lowest BCUT2D eigenvalue weighted by Gasteiger charge is -2.28. The van der Waals surface area contributed by atoms with Crippen LogP contribution < -0.4 is 11.3 Å². The molecule has 6 rings (SSSR count). The molecule has 1 amide bonds. The number of nitrogens with one attached hydrogen (secondary N) is 1. The van der Waals surface area contributed by atoms with E-state index >= 15 is 0 Å². The van der Waals surface area contributed by atoms with Crippen molar-refractivity contribution < 1.29 is 9.90 Å². The normalized spacial score (nSPS) is 15.6. The molecule has 8 nitrogen and oxygen atoms in total. The molecule has 1 aliphatic rings. The molecular weight excluding hydrogens is 478 g/mol. The van der Waals surface area contributed by atoms with Gasteiger partial charge in [-0.3, -0.25) is 14.2 Å². The van der Waals surface area contributed by atoms with Crippen LogP contribution in [0.2, 0.25) is 0 Å². The van der Waals surface area contributed by atoms with Crippen LogP contribution in [0.4, 0.5) is 0 Å². The van der Waals surface area contributed by atoms with Crippen LogP contribution in [0.1, 0.15) is 60.3 Å². The summed E-state index contributed by atoms with van der Waals surface area (Å²) in [6.45, 7) is 7.71. The van der Waals surface area contributed by atoms with Crippen LogP contribution in [-0.4, -0.2) is 35.6 Å². The standard InChI is InChI=1S/C30H29N5O3/c1-16-14-18(30(3,4)38)15-22-24(16)25-20(8-9-21(27(31)36)26(25)33-22)19-6-5-7-23(17(19)2)35-13-12-34-11-10-32-28(34)29(35)37/h5-13,15-16,33,38H,14H2,1-4H3,(H2,31,36). The third kappa shape index (κ3) is 3.52. The highest BCUT2D eigenvalue weighted by Crippen LogP contribution is 2.45. The van der Waals surface area contributed by atoms with Gasteiger partial charge in [-0.2, -0.15) is 0 Å². The number of hydrogen-bond acceptors (Lipinski definition) is 4. The van der Waals surface area contributed by atoms with Gasteiger partial charge in [0, 0.05) is 35.9 Å². The number of nitrogens with two attached hydrogens (primary N) is 1. The van der Waals surface area contributed by atoms with Gasteiger partial charge in [0.05, 0.1) is 22.4 Å². The molecule has 3 heterocycles. The number of primary amides is 1. The summed E-state index contributed by atoms with van der Waals surface area (Å²) >= 11 is 0. The minimum Gasteiger partial charge on any atom is -0.386 e. The molecule has 0 bridgehead atoms. The van der Waals surface area contributed by atoms with Gasteiger partial charge in [-0.25, -0.2) is 4.98 Å². The number of H-pyrrole nitrogens is 1. The Hall–Kier alpha value is -4.43. The molecule has 1 aliphatic carbocycles. The van der Waals surface area contributed by atoms with Crippen LogP contribution in [0.15, 0.2) is 65.5 Å². The molecule has 0 saturated carbocycles. The molecule has 5 aromatic rings. The van der Waals surface area contributed by atoms with Gasteiger partial charge in [0.15, 0.2) is 0 Å². The van der Waals surface area contributed by atoms with E-state index < -0.39 is 11.5 Å². The Morgan fingerprint density at radius 3 is 2.68 bits per heavy atom. The number of nitrogens with zero attached hydrogens (tertiary/aromatic N) is 3. The fraction of sp³-hybridized carbons (Fsp3) is 0.233. The first-order valence-corrected chi connectivity index (χ1v) is 12.6. The number of rotatable bonds is 4. The molecule has 38 heavy (non-hydrogen) atoms. The van der Waals surface area contributed by atoms with Crippen molar-refractivity contribution in [2.24, 2.45) is 5.73 Å². The van der Waals surface area contributed by atoms with Gasteiger partial charge in [-0.05, 0) is 79.1 Å². The van der Waals surface area contributed by atoms with Gasteiger partial charge in [0.2, 0.25) is 5.65 Å². The highest BCUT2D eigenvalue weighted by Gasteiger charge is 2.31. The van der Waals surface area contributed by atoms with Crippen LogP contribution in [0, 0.1) is 6.92 Å². The average Bonchev–Trinajstić information content (AvgIpc) is 3.49. The molecule has 0 saturated heterocycles. The molecule has 0 radical (unpaired) electrons. The van der Waals surface area contributed by atoms with E-state index in [2.05, 4.69) is 16.9 Å². The Morgan fingerprint density at radius 2 is 1.95 bits per heavy atom. The summed E-state index contributed by atoms with van der Waals surface area (Å²) in [6.07, 6.45) is 9.60. The summed E-state index contributed by atoms with van der Waals surface area (Å²) in [5, 5.41) is 11.6. The van der Waals surface area contributed by atoms with E-state index in [1.54, 1.807) is 47.5 Å². The van der Waals surface area contributed by atoms with Crippen LogP contribution in [0.25, 0.3) is 39.4 Å². The zero-order valence-electron chi connectivity index (χ0n) is 21.7. The predicted molar refractivity (Wildman–Crippen MR) is 149 cm³/mol. The number of aliphatic hydroxyl groups is 1. The van der Waals surface area contributed by atoms with E-state index in [0.717, 1.165) is 44.6 Å². The van der Waals surface area contributed by atoms with Crippen molar-refractivity contribution >= 4 is 28.5 Å². The molecule has 0 spiro atoms. The summed E-state index contributed by atoms with van der Waals surface area (Å²) < 4.78 is 3.32. The van der Waals surface area contributed by atoms with E-state index in [1.165, 1.54) is 0 Å². The molecule has 3 aromatic heterocycles. The highest BCUT2D eigenvalue weighted by atomic mass is 16.3. The van der Waals surface area contributed by atoms with Crippen LogP contribution in [-0.2, 0) is 0 Å². The monoisotopic (exact) mass is 507 g/mol. The minimum absolute atomic E-state index is 0.0982. The number of benzene rings is 2. The van der Waals surface area contributed by atoms with E-state index in [0.29, 0.717) is 23.1 Å². The lowest BCUT2D eigenvalue weighted by molar-refractivity contribution is 0.100. The van der Waals surface area contributed by atoms with Crippen molar-refractivity contribution in [3.8, 4) is 16.8 Å². The average molecular weight is 508 g/mol. The molecule has 2 aromatic carbocycles. The van der Waals surface area contributed by atoms with Gasteiger partial charge < -0.3 is 20.2 Å². The quantitative estimate of drug-likeness (QED) is 0.327. The Bertz CT molecular complexity index is 1860. The fourth-order valence-electron chi connectivity index (χ4n) is 5.77. The van der Waals surface area contributed by atoms with Gasteiger partial charge >= 0.3 is 0 Å². The Balaban J connectivity index is 1.63. The Kier molecular flexibility index (Phi) is 5.22. The number of hydrogen-bond donors (Lipinski definition) is 3. The van der Waals surface area contributed by atoms with E-state index in [-0.39, 0.29) is 11.5 Å². The van der Waals surface area contributed by atoms with E-state index in [9.17, 15) is 14.7 Å². The largest absolute Gasteiger partial charge is 0.386 e. The maximum atomic E-state index is 13.2. The Labute approximate surface area is 219 Å². The summed E-state index contributed by atoms with van der Waals surface area (Å²) in [5.74, 6) is -0.412. The van der Waals surface area contributed by atoms with Gasteiger partial charge in [0.25, 0.3) is 11.5 Å². The maximum absolute atomic E-state index is 13.2. The van der Waals surface area contributed by atoms with Gasteiger partial charge in [-0.15, -0.1) is 0 Å². The zero-order valence-corrected chi connectivity index (χ0v) is 21.7. The Morgan fingerprint density at radius 1 is 1.16 bits per heavy atom. The SMILES string of the molecule is Cc1c(-c2ccc(C(N)=O)c3[nH]c4c(c23)C(C)CC(C(C)(C)O)=C4)cccc1-n1ccn2ccnc2c1=O.